The zero-order valence-corrected chi connectivity index (χ0v) is 11.4. The number of thiophene rings is 1. The van der Waals surface area contributed by atoms with Crippen molar-refractivity contribution in [2.24, 2.45) is 0 Å². The van der Waals surface area contributed by atoms with Crippen LogP contribution in [0.1, 0.15) is 4.88 Å². The molecule has 0 spiro atoms. The fraction of sp³-hybridized carbons (Fsp3) is 0.100. The fourth-order valence-electron chi connectivity index (χ4n) is 1.24. The Morgan fingerprint density at radius 1 is 1.56 bits per heavy atom. The average Bonchev–Trinajstić information content (AvgIpc) is 2.64. The van der Waals surface area contributed by atoms with Gasteiger partial charge < -0.3 is 5.73 Å². The Kier molecular flexibility index (Phi) is 3.73. The number of nitrogen functional groups attached to an aromatic ring is 1. The lowest BCUT2D eigenvalue weighted by atomic mass is 10.4. The lowest BCUT2D eigenvalue weighted by Gasteiger charge is -2.03. The van der Waals surface area contributed by atoms with E-state index >= 15 is 0 Å². The highest BCUT2D eigenvalue weighted by Crippen LogP contribution is 2.24. The maximum Gasteiger partial charge on any atom is 0.0664 e. The molecule has 2 heterocycles. The van der Waals surface area contributed by atoms with Gasteiger partial charge in [-0.3, -0.25) is 9.19 Å². The summed E-state index contributed by atoms with van der Waals surface area (Å²) in [7, 11) is -1.11. The molecule has 0 aliphatic rings. The van der Waals surface area contributed by atoms with Gasteiger partial charge in [0.15, 0.2) is 0 Å². The van der Waals surface area contributed by atoms with E-state index in [9.17, 15) is 4.21 Å². The van der Waals surface area contributed by atoms with E-state index in [1.165, 1.54) is 6.20 Å². The third-order valence-electron chi connectivity index (χ3n) is 1.95. The van der Waals surface area contributed by atoms with Crippen LogP contribution >= 0.6 is 27.3 Å². The van der Waals surface area contributed by atoms with E-state index in [0.29, 0.717) is 16.3 Å². The van der Waals surface area contributed by atoms with Gasteiger partial charge >= 0.3 is 0 Å². The molecule has 1 atom stereocenters. The molecule has 1 unspecified atom stereocenters. The Balaban J connectivity index is 2.18. The van der Waals surface area contributed by atoms with Gasteiger partial charge in [0.05, 0.1) is 33.3 Å². The highest BCUT2D eigenvalue weighted by Gasteiger charge is 2.09. The van der Waals surface area contributed by atoms with Gasteiger partial charge in [-0.2, -0.15) is 0 Å². The van der Waals surface area contributed by atoms with E-state index in [1.807, 2.05) is 11.4 Å². The maximum absolute atomic E-state index is 12.0. The first-order chi connectivity index (χ1) is 7.66. The van der Waals surface area contributed by atoms with Crippen molar-refractivity contribution in [3.8, 4) is 0 Å². The number of aromatic nitrogens is 1. The van der Waals surface area contributed by atoms with Crippen molar-refractivity contribution < 1.29 is 4.21 Å². The highest BCUT2D eigenvalue weighted by atomic mass is 79.9. The number of nitrogens with two attached hydrogens (primary N) is 1. The first-order valence-corrected chi connectivity index (χ1v) is 7.47. The summed E-state index contributed by atoms with van der Waals surface area (Å²) in [5.74, 6) is 0.491. The second kappa shape index (κ2) is 5.07. The predicted molar refractivity (Wildman–Crippen MR) is 70.8 cm³/mol. The van der Waals surface area contributed by atoms with Crippen LogP contribution in [-0.4, -0.2) is 9.19 Å². The molecule has 0 radical (unpaired) electrons. The number of pyridine rings is 1. The summed E-state index contributed by atoms with van der Waals surface area (Å²) in [4.78, 5) is 5.60. The first-order valence-electron chi connectivity index (χ1n) is 4.47. The molecule has 2 aromatic heterocycles. The Labute approximate surface area is 108 Å². The lowest BCUT2D eigenvalue weighted by molar-refractivity contribution is 0.683. The van der Waals surface area contributed by atoms with Crippen molar-refractivity contribution in [3.05, 3.63) is 39.3 Å². The van der Waals surface area contributed by atoms with Crippen molar-refractivity contribution >= 4 is 43.8 Å². The van der Waals surface area contributed by atoms with Gasteiger partial charge in [-0.1, -0.05) is 0 Å². The smallest absolute Gasteiger partial charge is 0.0664 e. The minimum absolute atomic E-state index is 0.483. The highest BCUT2D eigenvalue weighted by molar-refractivity contribution is 9.10. The number of hydrogen-bond acceptors (Lipinski definition) is 4. The van der Waals surface area contributed by atoms with E-state index in [1.54, 1.807) is 23.6 Å². The second-order valence-electron chi connectivity index (χ2n) is 3.13. The van der Waals surface area contributed by atoms with Crippen LogP contribution in [0.2, 0.25) is 0 Å². The zero-order chi connectivity index (χ0) is 11.5. The van der Waals surface area contributed by atoms with Crippen molar-refractivity contribution in [1.29, 1.82) is 0 Å². The summed E-state index contributed by atoms with van der Waals surface area (Å²) >= 11 is 4.95. The Morgan fingerprint density at radius 3 is 3.00 bits per heavy atom. The van der Waals surface area contributed by atoms with E-state index in [2.05, 4.69) is 20.9 Å². The summed E-state index contributed by atoms with van der Waals surface area (Å²) in [5, 5.41) is 1.97. The Morgan fingerprint density at radius 2 is 2.38 bits per heavy atom. The normalized spacial score (nSPS) is 12.6. The van der Waals surface area contributed by atoms with Crippen molar-refractivity contribution in [3.63, 3.8) is 0 Å². The molecule has 16 heavy (non-hydrogen) atoms. The largest absolute Gasteiger partial charge is 0.396 e. The zero-order valence-electron chi connectivity index (χ0n) is 8.22. The van der Waals surface area contributed by atoms with Crippen LogP contribution in [0.3, 0.4) is 0 Å². The van der Waals surface area contributed by atoms with E-state index in [4.69, 9.17) is 5.73 Å². The van der Waals surface area contributed by atoms with Crippen LogP contribution in [0, 0.1) is 0 Å². The minimum Gasteiger partial charge on any atom is -0.396 e. The predicted octanol–water partition coefficient (Wildman–Crippen LogP) is 2.80. The third kappa shape index (κ3) is 2.69. The average molecular weight is 317 g/mol. The molecule has 2 aromatic rings. The molecule has 0 aliphatic carbocycles. The molecule has 6 heteroatoms. The number of rotatable bonds is 3. The molecular formula is C10H9BrN2OS2. The van der Waals surface area contributed by atoms with Crippen LogP contribution in [0.15, 0.2) is 39.3 Å². The van der Waals surface area contributed by atoms with Crippen molar-refractivity contribution in [2.45, 2.75) is 10.6 Å². The van der Waals surface area contributed by atoms with E-state index in [0.717, 1.165) is 9.35 Å². The lowest BCUT2D eigenvalue weighted by Crippen LogP contribution is -2.00. The van der Waals surface area contributed by atoms with Crippen LogP contribution in [0.5, 0.6) is 0 Å². The van der Waals surface area contributed by atoms with Gasteiger partial charge in [0.1, 0.15) is 0 Å². The number of halogens is 1. The molecular weight excluding hydrogens is 308 g/mol. The van der Waals surface area contributed by atoms with Gasteiger partial charge in [-0.05, 0) is 28.1 Å². The summed E-state index contributed by atoms with van der Waals surface area (Å²) in [6, 6.07) is 3.67. The van der Waals surface area contributed by atoms with Crippen molar-refractivity contribution in [1.82, 2.24) is 4.98 Å². The molecule has 0 bridgehead atoms. The Bertz CT molecular complexity index is 527. The van der Waals surface area contributed by atoms with Gasteiger partial charge in [0.25, 0.3) is 0 Å². The van der Waals surface area contributed by atoms with E-state index < -0.39 is 10.8 Å². The minimum atomic E-state index is -1.11. The molecule has 0 fully saturated rings. The quantitative estimate of drug-likeness (QED) is 0.947. The van der Waals surface area contributed by atoms with Crippen LogP contribution < -0.4 is 5.73 Å². The molecule has 2 rings (SSSR count). The van der Waals surface area contributed by atoms with Crippen LogP contribution in [-0.2, 0) is 16.6 Å². The molecule has 0 aromatic carbocycles. The number of hydrogen-bond donors (Lipinski definition) is 1. The fourth-order valence-corrected chi connectivity index (χ4v) is 4.09. The van der Waals surface area contributed by atoms with Gasteiger partial charge in [0, 0.05) is 20.9 Å². The van der Waals surface area contributed by atoms with Crippen LogP contribution in [0.4, 0.5) is 5.69 Å². The molecule has 0 saturated heterocycles. The topological polar surface area (TPSA) is 56.0 Å². The van der Waals surface area contributed by atoms with Crippen molar-refractivity contribution in [2.75, 3.05) is 5.73 Å². The standard InChI is InChI=1S/C10H9BrN2OS2/c11-7-3-8(15-5-7)6-16(14)10-1-2-13-4-9(10)12/h1-5H,6,12H2. The maximum atomic E-state index is 12.0. The van der Waals surface area contributed by atoms with E-state index in [-0.39, 0.29) is 0 Å². The molecule has 0 aliphatic heterocycles. The summed E-state index contributed by atoms with van der Waals surface area (Å²) in [5.41, 5.74) is 6.20. The van der Waals surface area contributed by atoms with Gasteiger partial charge in [-0.25, -0.2) is 0 Å². The second-order valence-corrected chi connectivity index (χ2v) is 6.47. The SMILES string of the molecule is Nc1cnccc1S(=O)Cc1cc(Br)cs1. The molecule has 2 N–H and O–H groups in total. The third-order valence-corrected chi connectivity index (χ3v) is 5.27. The molecule has 3 nitrogen and oxygen atoms in total. The number of anilines is 1. The molecule has 0 amide bonds. The monoisotopic (exact) mass is 316 g/mol. The summed E-state index contributed by atoms with van der Waals surface area (Å²) in [6.07, 6.45) is 3.13. The summed E-state index contributed by atoms with van der Waals surface area (Å²) in [6.45, 7) is 0. The van der Waals surface area contributed by atoms with Crippen LogP contribution in [0.25, 0.3) is 0 Å². The molecule has 84 valence electrons. The first kappa shape index (κ1) is 11.8. The number of nitrogens with zero attached hydrogens (tertiary/aromatic N) is 1. The van der Waals surface area contributed by atoms with Gasteiger partial charge in [-0.15, -0.1) is 11.3 Å². The molecule has 0 saturated carbocycles. The van der Waals surface area contributed by atoms with Gasteiger partial charge in [0.2, 0.25) is 0 Å². The summed E-state index contributed by atoms with van der Waals surface area (Å²) < 4.78 is 13.1. The Hall–Kier alpha value is -0.720.